The smallest absolute Gasteiger partial charge is 0.243 e. The van der Waals surface area contributed by atoms with E-state index in [1.54, 1.807) is 16.4 Å². The van der Waals surface area contributed by atoms with Crippen LogP contribution < -0.4 is 10.6 Å². The quantitative estimate of drug-likeness (QED) is 0.304. The zero-order valence-electron chi connectivity index (χ0n) is 17.0. The topological polar surface area (TPSA) is 73.8 Å². The Morgan fingerprint density at radius 3 is 2.37 bits per heavy atom. The molecule has 0 amide bonds. The lowest BCUT2D eigenvalue weighted by Gasteiger charge is -2.15. The van der Waals surface area contributed by atoms with E-state index in [0.29, 0.717) is 42.1 Å². The van der Waals surface area contributed by atoms with Gasteiger partial charge in [-0.05, 0) is 49.1 Å². The van der Waals surface area contributed by atoms with Crippen LogP contribution in [0.5, 0.6) is 0 Å². The lowest BCUT2D eigenvalue weighted by atomic mass is 10.2. The van der Waals surface area contributed by atoms with Crippen molar-refractivity contribution in [1.29, 1.82) is 0 Å². The first-order valence-electron chi connectivity index (χ1n) is 9.85. The summed E-state index contributed by atoms with van der Waals surface area (Å²) in [7, 11) is -3.38. The number of sulfonamides is 1. The van der Waals surface area contributed by atoms with E-state index in [-0.39, 0.29) is 24.0 Å². The van der Waals surface area contributed by atoms with Gasteiger partial charge in [0.25, 0.3) is 0 Å². The van der Waals surface area contributed by atoms with Crippen LogP contribution in [-0.2, 0) is 23.1 Å². The van der Waals surface area contributed by atoms with Crippen LogP contribution in [0.15, 0.2) is 58.4 Å². The van der Waals surface area contributed by atoms with Crippen LogP contribution in [0.2, 0.25) is 5.02 Å². The number of guanidine groups is 1. The van der Waals surface area contributed by atoms with Gasteiger partial charge in [0.15, 0.2) is 5.96 Å². The van der Waals surface area contributed by atoms with Crippen LogP contribution in [-0.4, -0.2) is 38.3 Å². The highest BCUT2D eigenvalue weighted by molar-refractivity contribution is 14.0. The van der Waals surface area contributed by atoms with Crippen LogP contribution in [0, 0.1) is 0 Å². The molecule has 0 unspecified atom stereocenters. The van der Waals surface area contributed by atoms with E-state index in [2.05, 4.69) is 15.6 Å². The van der Waals surface area contributed by atoms with Gasteiger partial charge >= 0.3 is 0 Å². The van der Waals surface area contributed by atoms with Crippen molar-refractivity contribution >= 4 is 51.6 Å². The Bertz CT molecular complexity index is 946. The predicted molar refractivity (Wildman–Crippen MR) is 133 cm³/mol. The molecule has 6 nitrogen and oxygen atoms in total. The Morgan fingerprint density at radius 1 is 1.07 bits per heavy atom. The lowest BCUT2D eigenvalue weighted by molar-refractivity contribution is 0.477. The monoisotopic (exact) mass is 562 g/mol. The molecule has 1 aliphatic heterocycles. The molecule has 1 saturated heterocycles. The molecular formula is C21H28ClIN4O2S. The number of aliphatic imine (C=N–C) groups is 1. The van der Waals surface area contributed by atoms with Gasteiger partial charge in [0, 0.05) is 31.2 Å². The van der Waals surface area contributed by atoms with Gasteiger partial charge in [0.2, 0.25) is 10.0 Å². The first-order chi connectivity index (χ1) is 14.0. The standard InChI is InChI=1S/C21H27ClN4O2S.HI/c1-2-23-21(25-16-18-7-3-4-8-20(18)22)24-15-17-9-11-19(12-10-17)29(27,28)26-13-5-6-14-26;/h3-4,7-12H,2,5-6,13-16H2,1H3,(H2,23,24,25);1H. The second kappa shape index (κ2) is 11.9. The minimum absolute atomic E-state index is 0. The maximum Gasteiger partial charge on any atom is 0.243 e. The number of rotatable bonds is 7. The highest BCUT2D eigenvalue weighted by Gasteiger charge is 2.26. The summed E-state index contributed by atoms with van der Waals surface area (Å²) in [5.41, 5.74) is 1.94. The van der Waals surface area contributed by atoms with E-state index in [9.17, 15) is 8.42 Å². The average molecular weight is 563 g/mol. The molecule has 0 aliphatic carbocycles. The molecule has 1 aliphatic rings. The second-order valence-corrected chi connectivity index (χ2v) is 9.24. The third kappa shape index (κ3) is 6.57. The largest absolute Gasteiger partial charge is 0.357 e. The van der Waals surface area contributed by atoms with Gasteiger partial charge in [-0.3, -0.25) is 0 Å². The number of halogens is 2. The van der Waals surface area contributed by atoms with Gasteiger partial charge in [0.1, 0.15) is 0 Å². The van der Waals surface area contributed by atoms with Gasteiger partial charge in [-0.1, -0.05) is 41.9 Å². The van der Waals surface area contributed by atoms with Crippen LogP contribution in [0.25, 0.3) is 0 Å². The van der Waals surface area contributed by atoms with E-state index in [1.807, 2.05) is 43.3 Å². The molecule has 0 radical (unpaired) electrons. The highest BCUT2D eigenvalue weighted by atomic mass is 127. The number of hydrogen-bond acceptors (Lipinski definition) is 3. The Kier molecular flexibility index (Phi) is 9.86. The zero-order chi connectivity index (χ0) is 20.7. The molecule has 0 saturated carbocycles. The minimum Gasteiger partial charge on any atom is -0.357 e. The summed E-state index contributed by atoms with van der Waals surface area (Å²) in [6, 6.07) is 14.7. The summed E-state index contributed by atoms with van der Waals surface area (Å²) in [6.07, 6.45) is 1.86. The number of hydrogen-bond donors (Lipinski definition) is 2. The van der Waals surface area contributed by atoms with E-state index < -0.39 is 10.0 Å². The van der Waals surface area contributed by atoms with Gasteiger partial charge in [-0.2, -0.15) is 4.31 Å². The van der Waals surface area contributed by atoms with Crippen molar-refractivity contribution in [2.75, 3.05) is 19.6 Å². The SMILES string of the molecule is CCNC(=NCc1ccc(S(=O)(=O)N2CCCC2)cc1)NCc1ccccc1Cl.I. The molecule has 1 heterocycles. The van der Waals surface area contributed by atoms with Gasteiger partial charge in [-0.15, -0.1) is 24.0 Å². The van der Waals surface area contributed by atoms with Crippen LogP contribution in [0.3, 0.4) is 0 Å². The summed E-state index contributed by atoms with van der Waals surface area (Å²) < 4.78 is 26.8. The van der Waals surface area contributed by atoms with E-state index in [0.717, 1.165) is 30.5 Å². The van der Waals surface area contributed by atoms with Crippen molar-refractivity contribution in [1.82, 2.24) is 14.9 Å². The molecule has 2 aromatic rings. The van der Waals surface area contributed by atoms with Gasteiger partial charge in [0.05, 0.1) is 11.4 Å². The third-order valence-electron chi connectivity index (χ3n) is 4.79. The Balaban J connectivity index is 0.00000320. The average Bonchev–Trinajstić information content (AvgIpc) is 3.27. The van der Waals surface area contributed by atoms with Crippen LogP contribution in [0.4, 0.5) is 0 Å². The summed E-state index contributed by atoms with van der Waals surface area (Å²) in [4.78, 5) is 4.93. The van der Waals surface area contributed by atoms with Crippen LogP contribution in [0.1, 0.15) is 30.9 Å². The maximum absolute atomic E-state index is 12.6. The fourth-order valence-electron chi connectivity index (χ4n) is 3.18. The fourth-order valence-corrected chi connectivity index (χ4v) is 4.90. The van der Waals surface area contributed by atoms with Crippen molar-refractivity contribution in [2.45, 2.75) is 37.8 Å². The summed E-state index contributed by atoms with van der Waals surface area (Å²) in [5, 5.41) is 7.19. The second-order valence-electron chi connectivity index (χ2n) is 6.90. The van der Waals surface area contributed by atoms with E-state index in [1.165, 1.54) is 0 Å². The molecule has 3 rings (SSSR count). The Hall–Kier alpha value is -1.36. The minimum atomic E-state index is -3.38. The third-order valence-corrected chi connectivity index (χ3v) is 7.08. The Morgan fingerprint density at radius 2 is 1.73 bits per heavy atom. The van der Waals surface area contributed by atoms with E-state index in [4.69, 9.17) is 11.6 Å². The normalized spacial score (nSPS) is 14.9. The maximum atomic E-state index is 12.6. The van der Waals surface area contributed by atoms with E-state index >= 15 is 0 Å². The lowest BCUT2D eigenvalue weighted by Crippen LogP contribution is -2.36. The van der Waals surface area contributed by atoms with Gasteiger partial charge in [-0.25, -0.2) is 13.4 Å². The predicted octanol–water partition coefficient (Wildman–Crippen LogP) is 4.00. The summed E-state index contributed by atoms with van der Waals surface area (Å²) >= 11 is 6.20. The molecule has 30 heavy (non-hydrogen) atoms. The summed E-state index contributed by atoms with van der Waals surface area (Å²) in [5.74, 6) is 0.682. The molecule has 0 spiro atoms. The number of benzene rings is 2. The van der Waals surface area contributed by atoms with Crippen molar-refractivity contribution in [2.24, 2.45) is 4.99 Å². The first-order valence-corrected chi connectivity index (χ1v) is 11.7. The molecular weight excluding hydrogens is 535 g/mol. The molecule has 2 aromatic carbocycles. The Labute approximate surface area is 201 Å². The molecule has 2 N–H and O–H groups in total. The van der Waals surface area contributed by atoms with Crippen molar-refractivity contribution in [3.63, 3.8) is 0 Å². The van der Waals surface area contributed by atoms with Crippen molar-refractivity contribution < 1.29 is 8.42 Å². The molecule has 164 valence electrons. The number of nitrogens with one attached hydrogen (secondary N) is 2. The molecule has 9 heteroatoms. The zero-order valence-corrected chi connectivity index (χ0v) is 20.9. The molecule has 0 atom stereocenters. The molecule has 0 aromatic heterocycles. The summed E-state index contributed by atoms with van der Waals surface area (Å²) in [6.45, 7) is 4.97. The molecule has 0 bridgehead atoms. The van der Waals surface area contributed by atoms with Gasteiger partial charge < -0.3 is 10.6 Å². The molecule has 1 fully saturated rings. The van der Waals surface area contributed by atoms with Crippen molar-refractivity contribution in [3.8, 4) is 0 Å². The van der Waals surface area contributed by atoms with Crippen molar-refractivity contribution in [3.05, 3.63) is 64.7 Å². The first kappa shape index (κ1) is 24.9. The highest BCUT2D eigenvalue weighted by Crippen LogP contribution is 2.21. The fraction of sp³-hybridized carbons (Fsp3) is 0.381. The van der Waals surface area contributed by atoms with Crippen LogP contribution >= 0.6 is 35.6 Å². The number of nitrogens with zero attached hydrogens (tertiary/aromatic N) is 2.